The molecular formula is C28H30N4O5. The summed E-state index contributed by atoms with van der Waals surface area (Å²) in [6, 6.07) is 16.0. The highest BCUT2D eigenvalue weighted by Crippen LogP contribution is 2.46. The van der Waals surface area contributed by atoms with Crippen molar-refractivity contribution in [2.45, 2.75) is 57.9 Å². The minimum absolute atomic E-state index is 0.00202. The van der Waals surface area contributed by atoms with Crippen molar-refractivity contribution in [3.8, 4) is 11.4 Å². The quantitative estimate of drug-likeness (QED) is 0.491. The van der Waals surface area contributed by atoms with Gasteiger partial charge in [-0.1, -0.05) is 42.5 Å². The molecule has 0 fully saturated rings. The number of benzene rings is 1. The lowest BCUT2D eigenvalue weighted by Crippen LogP contribution is -2.62. The highest BCUT2D eigenvalue weighted by Gasteiger charge is 2.54. The molecule has 2 aromatic heterocycles. The van der Waals surface area contributed by atoms with E-state index in [0.29, 0.717) is 22.5 Å². The number of carbonyl (C=O) groups excluding carboxylic acids is 3. The van der Waals surface area contributed by atoms with Gasteiger partial charge in [0.25, 0.3) is 0 Å². The number of hydrogen-bond acceptors (Lipinski definition) is 7. The summed E-state index contributed by atoms with van der Waals surface area (Å²) in [5, 5.41) is 5.48. The number of hydrogen-bond donors (Lipinski definition) is 2. The summed E-state index contributed by atoms with van der Waals surface area (Å²) in [6.45, 7) is 8.23. The summed E-state index contributed by atoms with van der Waals surface area (Å²) >= 11 is 0. The monoisotopic (exact) mass is 502 g/mol. The molecule has 1 aliphatic carbocycles. The van der Waals surface area contributed by atoms with Crippen molar-refractivity contribution in [2.75, 3.05) is 0 Å². The number of nitrogens with zero attached hydrogens (tertiary/aromatic N) is 2. The zero-order valence-corrected chi connectivity index (χ0v) is 21.5. The van der Waals surface area contributed by atoms with Gasteiger partial charge < -0.3 is 20.1 Å². The molecule has 9 heteroatoms. The summed E-state index contributed by atoms with van der Waals surface area (Å²) in [6.07, 6.45) is 2.43. The van der Waals surface area contributed by atoms with Crippen molar-refractivity contribution in [1.82, 2.24) is 20.6 Å². The summed E-state index contributed by atoms with van der Waals surface area (Å²) in [7, 11) is 0. The molecule has 0 bridgehead atoms. The number of amides is 2. The molecule has 0 radical (unpaired) electrons. The predicted octanol–water partition coefficient (Wildman–Crippen LogP) is 3.86. The lowest BCUT2D eigenvalue weighted by atomic mass is 9.86. The zero-order valence-electron chi connectivity index (χ0n) is 21.5. The zero-order chi connectivity index (χ0) is 26.8. The third kappa shape index (κ3) is 5.16. The Bertz CT molecular complexity index is 1290. The molecular weight excluding hydrogens is 472 g/mol. The molecule has 3 aromatic rings. The number of ether oxygens (including phenoxy) is 2. The Kier molecular flexibility index (Phi) is 6.73. The first-order chi connectivity index (χ1) is 17.4. The molecule has 0 unspecified atom stereocenters. The number of alkyl carbamates (subject to hydrolysis) is 1. The summed E-state index contributed by atoms with van der Waals surface area (Å²) < 4.78 is 11.1. The first-order valence-corrected chi connectivity index (χ1v) is 11.9. The number of rotatable bonds is 6. The first kappa shape index (κ1) is 25.8. The minimum atomic E-state index is -1.73. The third-order valence-electron chi connectivity index (χ3n) is 5.85. The third-order valence-corrected chi connectivity index (χ3v) is 5.85. The van der Waals surface area contributed by atoms with Crippen molar-refractivity contribution in [2.24, 2.45) is 0 Å². The van der Waals surface area contributed by atoms with Gasteiger partial charge in [-0.3, -0.25) is 14.8 Å². The Morgan fingerprint density at radius 2 is 1.41 bits per heavy atom. The first-order valence-electron chi connectivity index (χ1n) is 11.9. The molecule has 1 aromatic carbocycles. The average molecular weight is 503 g/mol. The van der Waals surface area contributed by atoms with Crippen LogP contribution in [0, 0.1) is 0 Å². The normalized spacial score (nSPS) is 13.6. The van der Waals surface area contributed by atoms with E-state index in [2.05, 4.69) is 20.6 Å². The van der Waals surface area contributed by atoms with Crippen LogP contribution in [0.15, 0.2) is 67.0 Å². The topological polar surface area (TPSA) is 120 Å². The Labute approximate surface area is 215 Å². The van der Waals surface area contributed by atoms with E-state index in [4.69, 9.17) is 9.47 Å². The van der Waals surface area contributed by atoms with Crippen molar-refractivity contribution in [1.29, 1.82) is 0 Å². The Balaban J connectivity index is 1.73. The maximum Gasteiger partial charge on any atom is 0.408 e. The van der Waals surface area contributed by atoms with Crippen molar-refractivity contribution in [3.05, 3.63) is 83.7 Å². The second-order valence-corrected chi connectivity index (χ2v) is 10.3. The van der Waals surface area contributed by atoms with Crippen LogP contribution in [0.3, 0.4) is 0 Å². The van der Waals surface area contributed by atoms with Gasteiger partial charge in [0, 0.05) is 23.5 Å². The van der Waals surface area contributed by atoms with Crippen LogP contribution in [0.1, 0.15) is 51.3 Å². The number of nitrogens with one attached hydrogen (secondary N) is 2. The second kappa shape index (κ2) is 9.65. The van der Waals surface area contributed by atoms with E-state index < -0.39 is 34.6 Å². The van der Waals surface area contributed by atoms with E-state index in [0.717, 1.165) is 5.56 Å². The number of pyridine rings is 2. The van der Waals surface area contributed by atoms with Crippen LogP contribution >= 0.6 is 0 Å². The van der Waals surface area contributed by atoms with Gasteiger partial charge in [0.15, 0.2) is 5.54 Å². The molecule has 0 aliphatic heterocycles. The van der Waals surface area contributed by atoms with Crippen LogP contribution in [0.5, 0.6) is 0 Å². The standard InChI is InChI=1S/C28H30N4O5/c1-26(2,3)37-25(35)32-27(4,5)23(33)31-28(24(34)36-17-18-11-7-6-8-12-18)19-13-9-15-29-21(19)22-20(28)14-10-16-30-22/h6-16H,17H2,1-5H3,(H,31,33)(H,32,35). The predicted molar refractivity (Wildman–Crippen MR) is 136 cm³/mol. The molecule has 0 spiro atoms. The Morgan fingerprint density at radius 3 is 1.95 bits per heavy atom. The van der Waals surface area contributed by atoms with E-state index in [-0.39, 0.29) is 6.61 Å². The van der Waals surface area contributed by atoms with Gasteiger partial charge in [0.2, 0.25) is 5.91 Å². The molecule has 4 rings (SSSR count). The fraction of sp³-hybridized carbons (Fsp3) is 0.321. The van der Waals surface area contributed by atoms with E-state index >= 15 is 0 Å². The van der Waals surface area contributed by atoms with Gasteiger partial charge in [-0.15, -0.1) is 0 Å². The molecule has 2 N–H and O–H groups in total. The summed E-state index contributed by atoms with van der Waals surface area (Å²) in [4.78, 5) is 49.0. The lowest BCUT2D eigenvalue weighted by molar-refractivity contribution is -0.154. The molecule has 37 heavy (non-hydrogen) atoms. The van der Waals surface area contributed by atoms with E-state index in [1.165, 1.54) is 13.8 Å². The van der Waals surface area contributed by atoms with Gasteiger partial charge in [-0.25, -0.2) is 9.59 Å². The summed E-state index contributed by atoms with van der Waals surface area (Å²) in [5.41, 5.74) is -1.33. The Hall–Kier alpha value is -4.27. The Morgan fingerprint density at radius 1 is 0.838 bits per heavy atom. The fourth-order valence-corrected chi connectivity index (χ4v) is 4.12. The highest BCUT2D eigenvalue weighted by atomic mass is 16.6. The van der Waals surface area contributed by atoms with Gasteiger partial charge >= 0.3 is 12.1 Å². The molecule has 0 atom stereocenters. The minimum Gasteiger partial charge on any atom is -0.459 e. The largest absolute Gasteiger partial charge is 0.459 e. The van der Waals surface area contributed by atoms with Crippen molar-refractivity contribution >= 4 is 18.0 Å². The van der Waals surface area contributed by atoms with Crippen LogP contribution in [-0.2, 0) is 31.2 Å². The van der Waals surface area contributed by atoms with Crippen LogP contribution in [0.2, 0.25) is 0 Å². The summed E-state index contributed by atoms with van der Waals surface area (Å²) in [5.74, 6) is -1.32. The van der Waals surface area contributed by atoms with E-state index in [1.807, 2.05) is 30.3 Å². The van der Waals surface area contributed by atoms with Crippen molar-refractivity contribution < 1.29 is 23.9 Å². The molecule has 0 saturated carbocycles. The van der Waals surface area contributed by atoms with Gasteiger partial charge in [-0.05, 0) is 52.3 Å². The molecule has 0 saturated heterocycles. The molecule has 2 heterocycles. The van der Waals surface area contributed by atoms with E-state index in [9.17, 15) is 14.4 Å². The SMILES string of the molecule is CC(C)(C)OC(=O)NC(C)(C)C(=O)NC1(C(=O)OCc2ccccc2)c2cccnc2-c2ncccc21. The van der Waals surface area contributed by atoms with Gasteiger partial charge in [-0.2, -0.15) is 0 Å². The molecule has 2 amide bonds. The smallest absolute Gasteiger partial charge is 0.408 e. The second-order valence-electron chi connectivity index (χ2n) is 10.3. The lowest BCUT2D eigenvalue weighted by Gasteiger charge is -2.34. The van der Waals surface area contributed by atoms with E-state index in [1.54, 1.807) is 57.4 Å². The number of esters is 1. The molecule has 9 nitrogen and oxygen atoms in total. The molecule has 1 aliphatic rings. The van der Waals surface area contributed by atoms with Crippen molar-refractivity contribution in [3.63, 3.8) is 0 Å². The molecule has 192 valence electrons. The van der Waals surface area contributed by atoms with Crippen LogP contribution in [0.4, 0.5) is 4.79 Å². The number of aromatic nitrogens is 2. The van der Waals surface area contributed by atoms with Gasteiger partial charge in [0.05, 0.1) is 11.4 Å². The van der Waals surface area contributed by atoms with Crippen LogP contribution < -0.4 is 10.6 Å². The fourth-order valence-electron chi connectivity index (χ4n) is 4.12. The number of fused-ring (bicyclic) bond motifs is 3. The van der Waals surface area contributed by atoms with Crippen LogP contribution in [0.25, 0.3) is 11.4 Å². The highest BCUT2D eigenvalue weighted by molar-refractivity contribution is 6.01. The van der Waals surface area contributed by atoms with Crippen LogP contribution in [-0.4, -0.2) is 39.1 Å². The average Bonchev–Trinajstić information content (AvgIpc) is 3.12. The van der Waals surface area contributed by atoms with Gasteiger partial charge in [0.1, 0.15) is 17.7 Å². The maximum atomic E-state index is 13.9. The number of carbonyl (C=O) groups is 3. The maximum absolute atomic E-state index is 13.9.